The first-order valence-corrected chi connectivity index (χ1v) is 6.58. The molecule has 3 aromatic heterocycles. The first-order valence-electron chi connectivity index (χ1n) is 5.79. The zero-order chi connectivity index (χ0) is 13.2. The van der Waals surface area contributed by atoms with Crippen molar-refractivity contribution >= 4 is 27.2 Å². The van der Waals surface area contributed by atoms with Crippen molar-refractivity contribution in [1.82, 2.24) is 14.6 Å². The normalized spacial score (nSPS) is 10.8. The second-order valence-electron chi connectivity index (χ2n) is 4.20. The number of aromatic nitrogens is 3. The fourth-order valence-corrected chi connectivity index (χ4v) is 2.39. The van der Waals surface area contributed by atoms with Crippen LogP contribution < -0.4 is 0 Å². The molecule has 0 fully saturated rings. The molecule has 0 amide bonds. The molecule has 3 heterocycles. The lowest BCUT2D eigenvalue weighted by Gasteiger charge is -2.00. The molecule has 5 heteroatoms. The maximum absolute atomic E-state index is 12.3. The summed E-state index contributed by atoms with van der Waals surface area (Å²) in [5.41, 5.74) is 2.35. The van der Waals surface area contributed by atoms with Crippen LogP contribution in [0.15, 0.2) is 53.5 Å². The van der Waals surface area contributed by atoms with Crippen molar-refractivity contribution in [2.45, 2.75) is 6.42 Å². The lowest BCUT2D eigenvalue weighted by molar-refractivity contribution is 0.0994. The minimum Gasteiger partial charge on any atom is -0.294 e. The van der Waals surface area contributed by atoms with Gasteiger partial charge in [-0.25, -0.2) is 4.52 Å². The van der Waals surface area contributed by atoms with Crippen LogP contribution in [0.3, 0.4) is 0 Å². The molecule has 0 aliphatic rings. The van der Waals surface area contributed by atoms with E-state index in [1.807, 2.05) is 30.5 Å². The van der Waals surface area contributed by atoms with Gasteiger partial charge in [0.25, 0.3) is 0 Å². The summed E-state index contributed by atoms with van der Waals surface area (Å²) < 4.78 is 2.57. The van der Waals surface area contributed by atoms with Gasteiger partial charge in [-0.2, -0.15) is 5.10 Å². The van der Waals surface area contributed by atoms with E-state index in [-0.39, 0.29) is 5.78 Å². The van der Waals surface area contributed by atoms with E-state index < -0.39 is 0 Å². The van der Waals surface area contributed by atoms with Gasteiger partial charge in [-0.3, -0.25) is 9.78 Å². The maximum atomic E-state index is 12.3. The number of pyridine rings is 2. The second-order valence-corrected chi connectivity index (χ2v) is 5.12. The van der Waals surface area contributed by atoms with Crippen molar-refractivity contribution in [3.63, 3.8) is 0 Å². The van der Waals surface area contributed by atoms with Crippen molar-refractivity contribution in [3.8, 4) is 0 Å². The van der Waals surface area contributed by atoms with Gasteiger partial charge in [-0.1, -0.05) is 6.07 Å². The number of fused-ring (bicyclic) bond motifs is 1. The Kier molecular flexibility index (Phi) is 3.13. The lowest BCUT2D eigenvalue weighted by atomic mass is 10.1. The van der Waals surface area contributed by atoms with E-state index in [9.17, 15) is 4.79 Å². The van der Waals surface area contributed by atoms with Gasteiger partial charge in [0.05, 0.1) is 17.3 Å². The molecule has 0 saturated carbocycles. The van der Waals surface area contributed by atoms with Crippen molar-refractivity contribution in [2.75, 3.05) is 0 Å². The zero-order valence-corrected chi connectivity index (χ0v) is 11.5. The number of carbonyl (C=O) groups is 1. The minimum atomic E-state index is 0.0427. The Bertz CT molecular complexity index is 751. The van der Waals surface area contributed by atoms with Crippen LogP contribution in [-0.2, 0) is 6.42 Å². The molecule has 19 heavy (non-hydrogen) atoms. The van der Waals surface area contributed by atoms with Gasteiger partial charge in [0.15, 0.2) is 5.78 Å². The number of ketones is 1. The second kappa shape index (κ2) is 4.93. The molecule has 0 radical (unpaired) electrons. The van der Waals surface area contributed by atoms with Gasteiger partial charge < -0.3 is 0 Å². The van der Waals surface area contributed by atoms with Crippen LogP contribution >= 0.6 is 15.9 Å². The predicted molar refractivity (Wildman–Crippen MR) is 75.2 cm³/mol. The van der Waals surface area contributed by atoms with E-state index in [4.69, 9.17) is 0 Å². The molecular weight excluding hydrogens is 306 g/mol. The van der Waals surface area contributed by atoms with Gasteiger partial charge >= 0.3 is 0 Å². The smallest absolute Gasteiger partial charge is 0.171 e. The summed E-state index contributed by atoms with van der Waals surface area (Å²) in [6.45, 7) is 0. The molecule has 0 unspecified atom stereocenters. The van der Waals surface area contributed by atoms with Crippen LogP contribution in [-0.4, -0.2) is 20.4 Å². The van der Waals surface area contributed by atoms with Crippen LogP contribution in [0.5, 0.6) is 0 Å². The Morgan fingerprint density at radius 3 is 3.00 bits per heavy atom. The number of hydrogen-bond acceptors (Lipinski definition) is 3. The number of Topliss-reactive ketones (excluding diaryl/α,β-unsaturated/α-hetero) is 1. The van der Waals surface area contributed by atoms with E-state index >= 15 is 0 Å². The molecule has 0 aliphatic heterocycles. The van der Waals surface area contributed by atoms with Crippen LogP contribution in [0.1, 0.15) is 15.9 Å². The third kappa shape index (κ3) is 2.42. The summed E-state index contributed by atoms with van der Waals surface area (Å²) in [5, 5.41) is 4.17. The Balaban J connectivity index is 1.92. The topological polar surface area (TPSA) is 47.3 Å². The van der Waals surface area contributed by atoms with Crippen molar-refractivity contribution in [3.05, 3.63) is 64.7 Å². The summed E-state index contributed by atoms with van der Waals surface area (Å²) >= 11 is 3.35. The molecule has 0 aromatic carbocycles. The van der Waals surface area contributed by atoms with Crippen LogP contribution in [0, 0.1) is 0 Å². The van der Waals surface area contributed by atoms with Crippen LogP contribution in [0.25, 0.3) is 5.52 Å². The molecule has 0 atom stereocenters. The Morgan fingerprint density at radius 1 is 1.26 bits per heavy atom. The van der Waals surface area contributed by atoms with Crippen molar-refractivity contribution in [1.29, 1.82) is 0 Å². The Labute approximate surface area is 118 Å². The summed E-state index contributed by atoms with van der Waals surface area (Å²) in [6, 6.07) is 7.57. The van der Waals surface area contributed by atoms with E-state index in [1.54, 1.807) is 23.1 Å². The predicted octanol–water partition coefficient (Wildman–Crippen LogP) is 2.92. The SMILES string of the molecule is O=C(Cc1cncc(Br)c1)c1cnn2ccccc12. The highest BCUT2D eigenvalue weighted by Gasteiger charge is 2.13. The molecule has 94 valence electrons. The highest BCUT2D eigenvalue weighted by molar-refractivity contribution is 9.10. The molecular formula is C14H10BrN3O. The van der Waals surface area contributed by atoms with Gasteiger partial charge in [0, 0.05) is 29.5 Å². The lowest BCUT2D eigenvalue weighted by Crippen LogP contribution is -2.03. The third-order valence-electron chi connectivity index (χ3n) is 2.85. The zero-order valence-electron chi connectivity index (χ0n) is 9.95. The van der Waals surface area contributed by atoms with Gasteiger partial charge in [0.1, 0.15) is 0 Å². The van der Waals surface area contributed by atoms with Crippen LogP contribution in [0.4, 0.5) is 0 Å². The quantitative estimate of drug-likeness (QED) is 0.698. The number of carbonyl (C=O) groups excluding carboxylic acids is 1. The van der Waals surface area contributed by atoms with Gasteiger partial charge in [0.2, 0.25) is 0 Å². The van der Waals surface area contributed by atoms with Crippen molar-refractivity contribution in [2.24, 2.45) is 0 Å². The molecule has 0 aliphatic carbocycles. The maximum Gasteiger partial charge on any atom is 0.171 e. The average Bonchev–Trinajstić information content (AvgIpc) is 2.82. The number of hydrogen-bond donors (Lipinski definition) is 0. The number of nitrogens with zero attached hydrogens (tertiary/aromatic N) is 3. The van der Waals surface area contributed by atoms with Gasteiger partial charge in [-0.15, -0.1) is 0 Å². The highest BCUT2D eigenvalue weighted by atomic mass is 79.9. The fourth-order valence-electron chi connectivity index (χ4n) is 1.98. The molecule has 3 rings (SSSR count). The molecule has 3 aromatic rings. The average molecular weight is 316 g/mol. The van der Waals surface area contributed by atoms with E-state index in [0.29, 0.717) is 12.0 Å². The molecule has 0 spiro atoms. The monoisotopic (exact) mass is 315 g/mol. The van der Waals surface area contributed by atoms with Crippen molar-refractivity contribution < 1.29 is 4.79 Å². The first-order chi connectivity index (χ1) is 9.24. The number of rotatable bonds is 3. The van der Waals surface area contributed by atoms with E-state index in [0.717, 1.165) is 15.6 Å². The summed E-state index contributed by atoms with van der Waals surface area (Å²) in [6.07, 6.45) is 7.16. The molecule has 0 bridgehead atoms. The Hall–Kier alpha value is -2.01. The van der Waals surface area contributed by atoms with E-state index in [1.165, 1.54) is 0 Å². The first kappa shape index (κ1) is 12.0. The standard InChI is InChI=1S/C14H10BrN3O/c15-11-5-10(7-16-8-11)6-14(19)12-9-17-18-4-2-1-3-13(12)18/h1-5,7-9H,6H2. The molecule has 0 saturated heterocycles. The molecule has 0 N–H and O–H groups in total. The van der Waals surface area contributed by atoms with Crippen LogP contribution in [0.2, 0.25) is 0 Å². The van der Waals surface area contributed by atoms with E-state index in [2.05, 4.69) is 26.0 Å². The minimum absolute atomic E-state index is 0.0427. The fraction of sp³-hybridized carbons (Fsp3) is 0.0714. The Morgan fingerprint density at radius 2 is 2.16 bits per heavy atom. The highest BCUT2D eigenvalue weighted by Crippen LogP contribution is 2.15. The molecule has 4 nitrogen and oxygen atoms in total. The number of halogens is 1. The summed E-state index contributed by atoms with van der Waals surface area (Å²) in [5.74, 6) is 0.0427. The summed E-state index contributed by atoms with van der Waals surface area (Å²) in [7, 11) is 0. The van der Waals surface area contributed by atoms with Gasteiger partial charge in [-0.05, 0) is 39.7 Å². The third-order valence-corrected chi connectivity index (χ3v) is 3.29. The summed E-state index contributed by atoms with van der Waals surface area (Å²) in [4.78, 5) is 16.4. The largest absolute Gasteiger partial charge is 0.294 e.